The molecule has 1 saturated carbocycles. The van der Waals surface area contributed by atoms with Gasteiger partial charge in [-0.05, 0) is 43.1 Å². The van der Waals surface area contributed by atoms with Crippen LogP contribution in [-0.4, -0.2) is 42.7 Å². The summed E-state index contributed by atoms with van der Waals surface area (Å²) < 4.78 is 4.99. The molecule has 0 aromatic carbocycles. The number of hydrogen-bond donors (Lipinski definition) is 2. The highest BCUT2D eigenvalue weighted by molar-refractivity contribution is 7.20. The Kier molecular flexibility index (Phi) is 4.91. The van der Waals surface area contributed by atoms with Crippen molar-refractivity contribution >= 4 is 33.3 Å². The third kappa shape index (κ3) is 3.21. The minimum Gasteiger partial charge on any atom is -0.383 e. The Morgan fingerprint density at radius 1 is 1.35 bits per heavy atom. The molecule has 3 atom stereocenters. The number of amides is 1. The van der Waals surface area contributed by atoms with Crippen molar-refractivity contribution in [3.05, 3.63) is 28.9 Å². The number of allylic oxidation sites excluding steroid dienone is 2. The fourth-order valence-electron chi connectivity index (χ4n) is 4.13. The first-order chi connectivity index (χ1) is 12.7. The first-order valence-electron chi connectivity index (χ1n) is 9.10. The highest BCUT2D eigenvalue weighted by Gasteiger charge is 2.35. The Morgan fingerprint density at radius 2 is 2.23 bits per heavy atom. The predicted molar refractivity (Wildman–Crippen MR) is 104 cm³/mol. The van der Waals surface area contributed by atoms with Gasteiger partial charge in [-0.3, -0.25) is 4.79 Å². The van der Waals surface area contributed by atoms with E-state index in [0.717, 1.165) is 34.1 Å². The maximum absolute atomic E-state index is 12.4. The highest BCUT2D eigenvalue weighted by atomic mass is 32.1. The van der Waals surface area contributed by atoms with E-state index in [1.54, 1.807) is 13.4 Å². The van der Waals surface area contributed by atoms with Gasteiger partial charge in [0, 0.05) is 20.2 Å². The molecule has 2 aromatic heterocycles. The van der Waals surface area contributed by atoms with Crippen molar-refractivity contribution in [1.29, 1.82) is 0 Å². The molecule has 2 aromatic rings. The maximum Gasteiger partial charge on any atom is 0.261 e. The Morgan fingerprint density at radius 3 is 2.96 bits per heavy atom. The Balaban J connectivity index is 1.52. The molecule has 0 spiro atoms. The summed E-state index contributed by atoms with van der Waals surface area (Å²) in [5, 5.41) is 7.38. The molecule has 0 radical (unpaired) electrons. The Bertz CT molecular complexity index is 847. The summed E-state index contributed by atoms with van der Waals surface area (Å²) in [4.78, 5) is 22.8. The van der Waals surface area contributed by atoms with Crippen LogP contribution in [0.15, 0.2) is 18.5 Å². The van der Waals surface area contributed by atoms with Crippen LogP contribution in [-0.2, 0) is 4.74 Å². The quantitative estimate of drug-likeness (QED) is 0.577. The van der Waals surface area contributed by atoms with E-state index < -0.39 is 0 Å². The number of aryl methyl sites for hydroxylation is 1. The molecule has 4 rings (SSSR count). The summed E-state index contributed by atoms with van der Waals surface area (Å²) in [6, 6.07) is 0. The minimum absolute atomic E-state index is 0.0771. The van der Waals surface area contributed by atoms with Gasteiger partial charge < -0.3 is 15.4 Å². The number of ether oxygens (including phenoxy) is 1. The van der Waals surface area contributed by atoms with Crippen molar-refractivity contribution in [1.82, 2.24) is 15.3 Å². The van der Waals surface area contributed by atoms with E-state index in [9.17, 15) is 4.79 Å². The number of carbonyl (C=O) groups excluding carboxylic acids is 1. The van der Waals surface area contributed by atoms with Crippen LogP contribution in [0.2, 0.25) is 0 Å². The minimum atomic E-state index is -0.0771. The van der Waals surface area contributed by atoms with Gasteiger partial charge in [0.2, 0.25) is 0 Å². The zero-order chi connectivity index (χ0) is 18.1. The van der Waals surface area contributed by atoms with Crippen molar-refractivity contribution in [2.45, 2.75) is 19.8 Å². The van der Waals surface area contributed by atoms with E-state index in [1.807, 2.05) is 6.92 Å². The molecule has 2 bridgehead atoms. The second kappa shape index (κ2) is 7.32. The van der Waals surface area contributed by atoms with Gasteiger partial charge in [0.15, 0.2) is 0 Å². The number of rotatable bonds is 7. The zero-order valence-electron chi connectivity index (χ0n) is 15.1. The van der Waals surface area contributed by atoms with E-state index >= 15 is 0 Å². The molecule has 1 amide bonds. The topological polar surface area (TPSA) is 76.1 Å². The average Bonchev–Trinajstić information content (AvgIpc) is 3.35. The largest absolute Gasteiger partial charge is 0.383 e. The van der Waals surface area contributed by atoms with Gasteiger partial charge in [-0.15, -0.1) is 11.3 Å². The molecule has 2 N–H and O–H groups in total. The van der Waals surface area contributed by atoms with E-state index in [1.165, 1.54) is 24.2 Å². The molecule has 138 valence electrons. The number of methoxy groups -OCH3 is 1. The van der Waals surface area contributed by atoms with E-state index in [0.29, 0.717) is 29.9 Å². The Labute approximate surface area is 157 Å². The number of hydrogen-bond acceptors (Lipinski definition) is 6. The van der Waals surface area contributed by atoms with Crippen molar-refractivity contribution in [2.75, 3.05) is 32.1 Å². The van der Waals surface area contributed by atoms with E-state index in [-0.39, 0.29) is 5.91 Å². The summed E-state index contributed by atoms with van der Waals surface area (Å²) in [6.45, 7) is 3.89. The molecule has 0 saturated heterocycles. The lowest BCUT2D eigenvalue weighted by Gasteiger charge is -2.19. The molecule has 2 heterocycles. The van der Waals surface area contributed by atoms with Crippen molar-refractivity contribution in [3.63, 3.8) is 0 Å². The summed E-state index contributed by atoms with van der Waals surface area (Å²) in [5.74, 6) is 2.90. The van der Waals surface area contributed by atoms with Gasteiger partial charge in [0.25, 0.3) is 5.91 Å². The first-order valence-corrected chi connectivity index (χ1v) is 9.92. The van der Waals surface area contributed by atoms with Crippen molar-refractivity contribution < 1.29 is 9.53 Å². The number of fused-ring (bicyclic) bond motifs is 3. The maximum atomic E-state index is 12.4. The van der Waals surface area contributed by atoms with Crippen LogP contribution >= 0.6 is 11.3 Å². The van der Waals surface area contributed by atoms with Crippen LogP contribution in [0, 0.1) is 24.7 Å². The van der Waals surface area contributed by atoms with Gasteiger partial charge in [-0.1, -0.05) is 12.2 Å². The molecule has 0 unspecified atom stereocenters. The van der Waals surface area contributed by atoms with Crippen LogP contribution in [0.1, 0.15) is 28.1 Å². The first kappa shape index (κ1) is 17.4. The lowest BCUT2D eigenvalue weighted by molar-refractivity contribution is 0.0940. The third-order valence-corrected chi connectivity index (χ3v) is 6.67. The smallest absolute Gasteiger partial charge is 0.261 e. The number of carbonyl (C=O) groups is 1. The van der Waals surface area contributed by atoms with Crippen molar-refractivity contribution in [3.8, 4) is 0 Å². The summed E-state index contributed by atoms with van der Waals surface area (Å²) in [6.07, 6.45) is 8.87. The summed E-state index contributed by atoms with van der Waals surface area (Å²) in [7, 11) is 1.62. The van der Waals surface area contributed by atoms with Crippen LogP contribution in [0.25, 0.3) is 10.2 Å². The molecular weight excluding hydrogens is 348 g/mol. The second-order valence-corrected chi connectivity index (χ2v) is 8.13. The molecule has 2 aliphatic rings. The lowest BCUT2D eigenvalue weighted by Crippen LogP contribution is -2.26. The molecule has 0 aliphatic heterocycles. The Hall–Kier alpha value is -1.99. The number of thiophene rings is 1. The van der Waals surface area contributed by atoms with Crippen LogP contribution < -0.4 is 10.6 Å². The number of nitrogens with one attached hydrogen (secondary N) is 2. The second-order valence-electron chi connectivity index (χ2n) is 7.13. The van der Waals surface area contributed by atoms with Crippen LogP contribution in [0.4, 0.5) is 5.82 Å². The fraction of sp³-hybridized carbons (Fsp3) is 0.526. The number of aromatic nitrogens is 2. The SMILES string of the molecule is COCCNC(=O)c1sc2ncnc(NC[C@H]3C[C@@H]4C=C[C@H]3C4)c2c1C. The standard InChI is InChI=1S/C19H24N4O2S/c1-11-15-17(21-9-14-8-12-3-4-13(14)7-12)22-10-23-19(15)26-16(11)18(24)20-5-6-25-2/h3-4,10,12-14H,5-9H2,1-2H3,(H,20,24)(H,21,22,23)/t12-,13+,14-/m1/s1. The summed E-state index contributed by atoms with van der Waals surface area (Å²) >= 11 is 1.42. The predicted octanol–water partition coefficient (Wildman–Crippen LogP) is 3.00. The van der Waals surface area contributed by atoms with Crippen molar-refractivity contribution in [2.24, 2.45) is 17.8 Å². The zero-order valence-corrected chi connectivity index (χ0v) is 15.9. The van der Waals surface area contributed by atoms with Crippen LogP contribution in [0.3, 0.4) is 0 Å². The number of anilines is 1. The molecular formula is C19H24N4O2S. The summed E-state index contributed by atoms with van der Waals surface area (Å²) in [5.41, 5.74) is 0.941. The van der Waals surface area contributed by atoms with Gasteiger partial charge in [-0.2, -0.15) is 0 Å². The number of nitrogens with zero attached hydrogens (tertiary/aromatic N) is 2. The molecule has 26 heavy (non-hydrogen) atoms. The van der Waals surface area contributed by atoms with E-state index in [4.69, 9.17) is 4.74 Å². The molecule has 1 fully saturated rings. The van der Waals surface area contributed by atoms with Gasteiger partial charge in [0.05, 0.1) is 16.9 Å². The molecule has 7 heteroatoms. The monoisotopic (exact) mass is 372 g/mol. The van der Waals surface area contributed by atoms with E-state index in [2.05, 4.69) is 32.8 Å². The van der Waals surface area contributed by atoms with Gasteiger partial charge >= 0.3 is 0 Å². The molecule has 2 aliphatic carbocycles. The third-order valence-electron chi connectivity index (χ3n) is 5.47. The van der Waals surface area contributed by atoms with Gasteiger partial charge in [-0.25, -0.2) is 9.97 Å². The molecule has 6 nitrogen and oxygen atoms in total. The highest BCUT2D eigenvalue weighted by Crippen LogP contribution is 2.43. The van der Waals surface area contributed by atoms with Gasteiger partial charge in [0.1, 0.15) is 17.0 Å². The lowest BCUT2D eigenvalue weighted by atomic mass is 9.93. The fourth-order valence-corrected chi connectivity index (χ4v) is 5.19. The average molecular weight is 372 g/mol. The normalized spacial score (nSPS) is 23.7. The van der Waals surface area contributed by atoms with Crippen LogP contribution in [0.5, 0.6) is 0 Å².